The molecule has 0 aliphatic heterocycles. The maximum Gasteiger partial charge on any atom is 0.120 e. The lowest BCUT2D eigenvalue weighted by Gasteiger charge is -2.18. The molecule has 1 saturated carbocycles. The van der Waals surface area contributed by atoms with Crippen LogP contribution in [0.15, 0.2) is 22.7 Å². The molecule has 1 fully saturated rings. The van der Waals surface area contributed by atoms with Crippen LogP contribution in [-0.2, 0) is 0 Å². The Labute approximate surface area is 118 Å². The van der Waals surface area contributed by atoms with Crippen LogP contribution >= 0.6 is 15.9 Å². The first-order valence-corrected chi connectivity index (χ1v) is 7.68. The third-order valence-electron chi connectivity index (χ3n) is 3.57. The highest BCUT2D eigenvalue weighted by atomic mass is 79.9. The number of nitrogens with two attached hydrogens (primary N) is 1. The molecule has 2 nitrogen and oxygen atoms in total. The third-order valence-corrected chi connectivity index (χ3v) is 4.25. The van der Waals surface area contributed by atoms with Crippen molar-refractivity contribution >= 4 is 15.9 Å². The molecule has 2 rings (SSSR count). The monoisotopic (exact) mass is 311 g/mol. The first-order chi connectivity index (χ1) is 8.66. The molecule has 3 heteroatoms. The zero-order chi connectivity index (χ0) is 13.0. The predicted molar refractivity (Wildman–Crippen MR) is 78.9 cm³/mol. The number of halogens is 1. The van der Waals surface area contributed by atoms with E-state index in [0.29, 0.717) is 6.10 Å². The summed E-state index contributed by atoms with van der Waals surface area (Å²) in [5.74, 6) is 0.957. The standard InChI is InChI=1S/C15H22BrNO/c1-11(17)14-9-8-13(10-15(14)16)18-12-6-4-2-3-5-7-12/h8-12H,2-7,17H2,1H3. The number of benzene rings is 1. The van der Waals surface area contributed by atoms with Crippen molar-refractivity contribution in [2.24, 2.45) is 5.73 Å². The van der Waals surface area contributed by atoms with Crippen molar-refractivity contribution in [2.45, 2.75) is 57.6 Å². The van der Waals surface area contributed by atoms with Gasteiger partial charge >= 0.3 is 0 Å². The van der Waals surface area contributed by atoms with Gasteiger partial charge in [0.25, 0.3) is 0 Å². The van der Waals surface area contributed by atoms with Gasteiger partial charge in [-0.2, -0.15) is 0 Å². The molecule has 1 atom stereocenters. The Bertz CT molecular complexity index is 384. The number of hydrogen-bond donors (Lipinski definition) is 1. The van der Waals surface area contributed by atoms with Crippen molar-refractivity contribution in [3.63, 3.8) is 0 Å². The van der Waals surface area contributed by atoms with Crippen LogP contribution in [0.2, 0.25) is 0 Å². The van der Waals surface area contributed by atoms with Crippen LogP contribution in [0.1, 0.15) is 57.1 Å². The molecule has 0 radical (unpaired) electrons. The van der Waals surface area contributed by atoms with E-state index in [-0.39, 0.29) is 6.04 Å². The van der Waals surface area contributed by atoms with Crippen LogP contribution in [0.5, 0.6) is 5.75 Å². The molecule has 0 heterocycles. The summed E-state index contributed by atoms with van der Waals surface area (Å²) in [6.45, 7) is 1.99. The van der Waals surface area contributed by atoms with Crippen LogP contribution in [-0.4, -0.2) is 6.10 Å². The number of rotatable bonds is 3. The first-order valence-electron chi connectivity index (χ1n) is 6.88. The van der Waals surface area contributed by atoms with Gasteiger partial charge in [0.05, 0.1) is 6.10 Å². The summed E-state index contributed by atoms with van der Waals surface area (Å²) in [4.78, 5) is 0. The van der Waals surface area contributed by atoms with E-state index in [1.165, 1.54) is 38.5 Å². The van der Waals surface area contributed by atoms with Gasteiger partial charge in [0.2, 0.25) is 0 Å². The van der Waals surface area contributed by atoms with Gasteiger partial charge in [0.1, 0.15) is 5.75 Å². The zero-order valence-corrected chi connectivity index (χ0v) is 12.6. The highest BCUT2D eigenvalue weighted by Crippen LogP contribution is 2.29. The summed E-state index contributed by atoms with van der Waals surface area (Å²) in [6, 6.07) is 6.19. The molecule has 1 unspecified atom stereocenters. The van der Waals surface area contributed by atoms with Gasteiger partial charge in [0, 0.05) is 10.5 Å². The molecule has 0 saturated heterocycles. The third kappa shape index (κ3) is 3.72. The van der Waals surface area contributed by atoms with Gasteiger partial charge in [0.15, 0.2) is 0 Å². The largest absolute Gasteiger partial charge is 0.490 e. The molecule has 1 aliphatic carbocycles. The molecule has 1 aliphatic rings. The zero-order valence-electron chi connectivity index (χ0n) is 11.0. The number of ether oxygens (including phenoxy) is 1. The van der Waals surface area contributed by atoms with Crippen LogP contribution in [0, 0.1) is 0 Å². The average molecular weight is 312 g/mol. The van der Waals surface area contributed by atoms with E-state index >= 15 is 0 Å². The predicted octanol–water partition coefficient (Wildman–Crippen LogP) is 4.57. The molecule has 18 heavy (non-hydrogen) atoms. The van der Waals surface area contributed by atoms with E-state index in [1.807, 2.05) is 19.1 Å². The van der Waals surface area contributed by atoms with E-state index < -0.39 is 0 Å². The molecule has 100 valence electrons. The second-order valence-corrected chi connectivity index (χ2v) is 6.06. The summed E-state index contributed by atoms with van der Waals surface area (Å²) in [7, 11) is 0. The maximum atomic E-state index is 6.08. The van der Waals surface area contributed by atoms with E-state index in [4.69, 9.17) is 10.5 Å². The second-order valence-electron chi connectivity index (χ2n) is 5.20. The van der Waals surface area contributed by atoms with Crippen molar-refractivity contribution in [3.05, 3.63) is 28.2 Å². The molecule has 1 aromatic rings. The average Bonchev–Trinajstić information content (AvgIpc) is 2.57. The van der Waals surface area contributed by atoms with E-state index in [1.54, 1.807) is 0 Å². The van der Waals surface area contributed by atoms with Crippen LogP contribution in [0.4, 0.5) is 0 Å². The highest BCUT2D eigenvalue weighted by molar-refractivity contribution is 9.10. The fraction of sp³-hybridized carbons (Fsp3) is 0.600. The first kappa shape index (κ1) is 13.9. The van der Waals surface area contributed by atoms with Gasteiger partial charge in [-0.3, -0.25) is 0 Å². The Balaban J connectivity index is 2.02. The van der Waals surface area contributed by atoms with Crippen molar-refractivity contribution in [2.75, 3.05) is 0 Å². The highest BCUT2D eigenvalue weighted by Gasteiger charge is 2.14. The fourth-order valence-electron chi connectivity index (χ4n) is 2.50. The normalized spacial score (nSPS) is 19.3. The topological polar surface area (TPSA) is 35.2 Å². The molecular weight excluding hydrogens is 290 g/mol. The maximum absolute atomic E-state index is 6.08. The van der Waals surface area contributed by atoms with Crippen LogP contribution in [0.3, 0.4) is 0 Å². The van der Waals surface area contributed by atoms with Crippen molar-refractivity contribution in [1.29, 1.82) is 0 Å². The minimum absolute atomic E-state index is 0.0475. The lowest BCUT2D eigenvalue weighted by molar-refractivity contribution is 0.183. The SMILES string of the molecule is CC(N)c1ccc(OC2CCCCCC2)cc1Br. The Morgan fingerprint density at radius 1 is 1.22 bits per heavy atom. The van der Waals surface area contributed by atoms with Gasteiger partial charge in [-0.1, -0.05) is 34.8 Å². The van der Waals surface area contributed by atoms with Crippen LogP contribution < -0.4 is 10.5 Å². The van der Waals surface area contributed by atoms with E-state index in [0.717, 1.165) is 15.8 Å². The Morgan fingerprint density at radius 3 is 2.44 bits per heavy atom. The summed E-state index contributed by atoms with van der Waals surface area (Å²) >= 11 is 3.57. The lowest BCUT2D eigenvalue weighted by atomic mass is 10.1. The molecule has 0 bridgehead atoms. The Kier molecular flexibility index (Phi) is 5.07. The van der Waals surface area contributed by atoms with Crippen molar-refractivity contribution in [1.82, 2.24) is 0 Å². The lowest BCUT2D eigenvalue weighted by Crippen LogP contribution is -2.15. The fourth-order valence-corrected chi connectivity index (χ4v) is 3.22. The molecule has 0 spiro atoms. The summed E-state index contributed by atoms with van der Waals surface area (Å²) in [6.07, 6.45) is 8.06. The van der Waals surface area contributed by atoms with Gasteiger partial charge in [-0.15, -0.1) is 0 Å². The quantitative estimate of drug-likeness (QED) is 0.830. The molecular formula is C15H22BrNO. The van der Waals surface area contributed by atoms with Crippen molar-refractivity contribution < 1.29 is 4.74 Å². The number of hydrogen-bond acceptors (Lipinski definition) is 2. The summed E-state index contributed by atoms with van der Waals surface area (Å²) in [5, 5.41) is 0. The Morgan fingerprint density at radius 2 is 1.89 bits per heavy atom. The van der Waals surface area contributed by atoms with Gasteiger partial charge in [-0.25, -0.2) is 0 Å². The molecule has 1 aromatic carbocycles. The Hall–Kier alpha value is -0.540. The van der Waals surface area contributed by atoms with Gasteiger partial charge in [-0.05, 0) is 50.3 Å². The van der Waals surface area contributed by atoms with E-state index in [9.17, 15) is 0 Å². The molecule has 0 aromatic heterocycles. The minimum atomic E-state index is 0.0475. The minimum Gasteiger partial charge on any atom is -0.490 e. The molecule has 0 amide bonds. The second kappa shape index (κ2) is 6.58. The smallest absolute Gasteiger partial charge is 0.120 e. The van der Waals surface area contributed by atoms with Crippen molar-refractivity contribution in [3.8, 4) is 5.75 Å². The van der Waals surface area contributed by atoms with Gasteiger partial charge < -0.3 is 10.5 Å². The van der Waals surface area contributed by atoms with Crippen LogP contribution in [0.25, 0.3) is 0 Å². The molecule has 2 N–H and O–H groups in total. The summed E-state index contributed by atoms with van der Waals surface area (Å²) in [5.41, 5.74) is 7.03. The summed E-state index contributed by atoms with van der Waals surface area (Å²) < 4.78 is 7.13. The van der Waals surface area contributed by atoms with E-state index in [2.05, 4.69) is 22.0 Å².